The van der Waals surface area contributed by atoms with Crippen LogP contribution in [0.2, 0.25) is 0 Å². The predicted molar refractivity (Wildman–Crippen MR) is 96.1 cm³/mol. The first-order chi connectivity index (χ1) is 10.4. The molecule has 0 amide bonds. The molecule has 0 heterocycles. The van der Waals surface area contributed by atoms with Crippen LogP contribution in [0.1, 0.15) is 52.4 Å². The number of unbranched alkanes of at least 4 members (excludes halogenated alkanes) is 4. The van der Waals surface area contributed by atoms with Gasteiger partial charge in [-0.05, 0) is 25.0 Å². The standard InChI is InChI=1S/2C8H14O3.2B/c2*1-2-3-4-5-6-7(9)8(10)11;;/h2*5-7,9H,2-4H2,1H3,(H,10,11);;/q;;2*+3. The summed E-state index contributed by atoms with van der Waals surface area (Å²) in [5.74, 6) is -2.39. The molecule has 0 bridgehead atoms. The minimum Gasteiger partial charge on any atom is -0.479 e. The fourth-order valence-electron chi connectivity index (χ4n) is 1.26. The summed E-state index contributed by atoms with van der Waals surface area (Å²) < 4.78 is 0. The first-order valence-corrected chi connectivity index (χ1v) is 7.51. The summed E-state index contributed by atoms with van der Waals surface area (Å²) in [7, 11) is 0. The number of hydrogen-bond acceptors (Lipinski definition) is 4. The summed E-state index contributed by atoms with van der Waals surface area (Å²) >= 11 is 0. The van der Waals surface area contributed by atoms with E-state index in [2.05, 4.69) is 13.8 Å². The van der Waals surface area contributed by atoms with Crippen LogP contribution in [0.15, 0.2) is 24.3 Å². The Balaban J connectivity index is -0.000000154. The third kappa shape index (κ3) is 22.7. The molecule has 6 nitrogen and oxygen atoms in total. The number of carboxylic acids is 2. The van der Waals surface area contributed by atoms with E-state index in [-0.39, 0.29) is 16.8 Å². The van der Waals surface area contributed by atoms with E-state index in [9.17, 15) is 9.59 Å². The third-order valence-electron chi connectivity index (χ3n) is 2.59. The van der Waals surface area contributed by atoms with Crippen molar-refractivity contribution in [3.05, 3.63) is 24.3 Å². The summed E-state index contributed by atoms with van der Waals surface area (Å²) in [4.78, 5) is 20.1. The van der Waals surface area contributed by atoms with E-state index >= 15 is 0 Å². The van der Waals surface area contributed by atoms with Crippen LogP contribution in [0.5, 0.6) is 0 Å². The van der Waals surface area contributed by atoms with E-state index < -0.39 is 24.1 Å². The molecule has 0 aromatic rings. The van der Waals surface area contributed by atoms with Crippen molar-refractivity contribution in [2.24, 2.45) is 0 Å². The molecule has 128 valence electrons. The zero-order valence-electron chi connectivity index (χ0n) is 14.5. The molecule has 0 aromatic carbocycles. The summed E-state index contributed by atoms with van der Waals surface area (Å²) in [6.45, 7) is 4.11. The monoisotopic (exact) mass is 338 g/mol. The van der Waals surface area contributed by atoms with Crippen molar-refractivity contribution in [1.82, 2.24) is 0 Å². The van der Waals surface area contributed by atoms with Crippen LogP contribution < -0.4 is 0 Å². The van der Waals surface area contributed by atoms with Gasteiger partial charge in [-0.1, -0.05) is 51.7 Å². The average molecular weight is 338 g/mol. The smallest absolute Gasteiger partial charge is 0.479 e. The zero-order chi connectivity index (χ0) is 17.4. The van der Waals surface area contributed by atoms with Crippen molar-refractivity contribution in [2.45, 2.75) is 64.6 Å². The SMILES string of the molecule is CCCCC=CC(O)C(=O)O.CCCCC=CC(O)C(=O)O.[B+3].[B+3]. The molecule has 0 radical (unpaired) electrons. The van der Waals surface area contributed by atoms with E-state index in [1.54, 1.807) is 12.2 Å². The Morgan fingerprint density at radius 2 is 1.08 bits per heavy atom. The van der Waals surface area contributed by atoms with E-state index in [4.69, 9.17) is 20.4 Å². The molecule has 0 rings (SSSR count). The van der Waals surface area contributed by atoms with Gasteiger partial charge in [0, 0.05) is 0 Å². The molecule has 2 unspecified atom stereocenters. The molecule has 2 atom stereocenters. The number of rotatable bonds is 10. The molecule has 0 aliphatic carbocycles. The van der Waals surface area contributed by atoms with Crippen molar-refractivity contribution >= 4 is 28.8 Å². The number of allylic oxidation sites excluding steroid dienone is 2. The Bertz CT molecular complexity index is 324. The Hall–Kier alpha value is -1.53. The molecular formula is C16H28B2O6+6. The summed E-state index contributed by atoms with van der Waals surface area (Å²) in [5, 5.41) is 34.0. The van der Waals surface area contributed by atoms with E-state index in [1.165, 1.54) is 12.2 Å². The minimum atomic E-state index is -1.34. The Kier molecular flexibility index (Phi) is 27.2. The number of carbonyl (C=O) groups is 2. The van der Waals surface area contributed by atoms with E-state index in [0.717, 1.165) is 38.5 Å². The van der Waals surface area contributed by atoms with Crippen molar-refractivity contribution in [3.8, 4) is 0 Å². The van der Waals surface area contributed by atoms with E-state index in [1.807, 2.05) is 0 Å². The van der Waals surface area contributed by atoms with Crippen molar-refractivity contribution in [3.63, 3.8) is 0 Å². The largest absolute Gasteiger partial charge is 3.00 e. The topological polar surface area (TPSA) is 115 Å². The average Bonchev–Trinajstić information content (AvgIpc) is 2.48. The number of aliphatic hydroxyl groups is 2. The van der Waals surface area contributed by atoms with Crippen LogP contribution >= 0.6 is 0 Å². The van der Waals surface area contributed by atoms with Crippen molar-refractivity contribution in [2.75, 3.05) is 0 Å². The van der Waals surface area contributed by atoms with Gasteiger partial charge in [0.15, 0.2) is 12.2 Å². The van der Waals surface area contributed by atoms with Gasteiger partial charge in [0.2, 0.25) is 0 Å². The van der Waals surface area contributed by atoms with Gasteiger partial charge in [0.1, 0.15) is 0 Å². The van der Waals surface area contributed by atoms with Gasteiger partial charge in [0.25, 0.3) is 0 Å². The second-order valence-corrected chi connectivity index (χ2v) is 4.71. The second-order valence-electron chi connectivity index (χ2n) is 4.71. The van der Waals surface area contributed by atoms with Crippen LogP contribution in [0.25, 0.3) is 0 Å². The Morgan fingerprint density at radius 3 is 1.29 bits per heavy atom. The van der Waals surface area contributed by atoms with E-state index in [0.29, 0.717) is 0 Å². The normalized spacial score (nSPS) is 12.5. The van der Waals surface area contributed by atoms with Crippen molar-refractivity contribution < 1.29 is 30.0 Å². The molecular weight excluding hydrogens is 310 g/mol. The quantitative estimate of drug-likeness (QED) is 0.273. The maximum Gasteiger partial charge on any atom is 3.00 e. The number of aliphatic carboxylic acids is 2. The molecule has 24 heavy (non-hydrogen) atoms. The summed E-state index contributed by atoms with van der Waals surface area (Å²) in [6, 6.07) is 0. The first kappa shape index (κ1) is 30.4. The summed E-state index contributed by atoms with van der Waals surface area (Å²) in [6.07, 6.45) is 9.20. The number of carboxylic acid groups (broad SMARTS) is 2. The minimum absolute atomic E-state index is 0. The van der Waals surface area contributed by atoms with Crippen LogP contribution in [0.4, 0.5) is 0 Å². The number of hydrogen-bond donors (Lipinski definition) is 4. The van der Waals surface area contributed by atoms with Crippen LogP contribution in [0, 0.1) is 0 Å². The molecule has 0 aromatic heterocycles. The first-order valence-electron chi connectivity index (χ1n) is 7.51. The molecule has 0 fully saturated rings. The zero-order valence-corrected chi connectivity index (χ0v) is 14.5. The van der Waals surface area contributed by atoms with Gasteiger partial charge < -0.3 is 20.4 Å². The Labute approximate surface area is 148 Å². The maximum absolute atomic E-state index is 10.1. The molecule has 0 aliphatic rings. The molecule has 0 aliphatic heterocycles. The summed E-state index contributed by atoms with van der Waals surface area (Å²) in [5.41, 5.74) is 0. The van der Waals surface area contributed by atoms with Gasteiger partial charge in [-0.15, -0.1) is 0 Å². The molecule has 0 spiro atoms. The van der Waals surface area contributed by atoms with Crippen molar-refractivity contribution in [1.29, 1.82) is 0 Å². The predicted octanol–water partition coefficient (Wildman–Crippen LogP) is 1.59. The van der Waals surface area contributed by atoms with Gasteiger partial charge >= 0.3 is 28.8 Å². The van der Waals surface area contributed by atoms with Crippen LogP contribution in [0.3, 0.4) is 0 Å². The molecule has 4 N–H and O–H groups in total. The van der Waals surface area contributed by atoms with Gasteiger partial charge in [-0.25, -0.2) is 9.59 Å². The van der Waals surface area contributed by atoms with Crippen LogP contribution in [-0.4, -0.2) is 61.4 Å². The number of aliphatic hydroxyl groups excluding tert-OH is 2. The van der Waals surface area contributed by atoms with Gasteiger partial charge in [-0.3, -0.25) is 0 Å². The second kappa shape index (κ2) is 21.5. The maximum atomic E-state index is 10.1. The fraction of sp³-hybridized carbons (Fsp3) is 0.625. The van der Waals surface area contributed by atoms with Crippen LogP contribution in [-0.2, 0) is 9.59 Å². The van der Waals surface area contributed by atoms with Gasteiger partial charge in [-0.2, -0.15) is 0 Å². The molecule has 0 saturated carbocycles. The van der Waals surface area contributed by atoms with Gasteiger partial charge in [0.05, 0.1) is 0 Å². The Morgan fingerprint density at radius 1 is 0.792 bits per heavy atom. The molecule has 0 saturated heterocycles. The fourth-order valence-corrected chi connectivity index (χ4v) is 1.26. The third-order valence-corrected chi connectivity index (χ3v) is 2.59. The molecule has 8 heteroatoms.